The summed E-state index contributed by atoms with van der Waals surface area (Å²) in [6, 6.07) is 12.9. The lowest BCUT2D eigenvalue weighted by molar-refractivity contribution is 0.0697. The van der Waals surface area contributed by atoms with E-state index in [0.29, 0.717) is 5.02 Å². The van der Waals surface area contributed by atoms with E-state index in [1.165, 1.54) is 0 Å². The van der Waals surface area contributed by atoms with Gasteiger partial charge in [0, 0.05) is 33.9 Å². The van der Waals surface area contributed by atoms with Gasteiger partial charge in [-0.1, -0.05) is 17.7 Å². The largest absolute Gasteiger partial charge is 0.478 e. The summed E-state index contributed by atoms with van der Waals surface area (Å²) in [6.45, 7) is 7.98. The Morgan fingerprint density at radius 3 is 2.44 bits per heavy atom. The van der Waals surface area contributed by atoms with Crippen LogP contribution >= 0.6 is 11.6 Å². The van der Waals surface area contributed by atoms with E-state index in [1.54, 1.807) is 12.1 Å². The van der Waals surface area contributed by atoms with Gasteiger partial charge < -0.3 is 9.67 Å². The van der Waals surface area contributed by atoms with Gasteiger partial charge in [0.15, 0.2) is 0 Å². The second kappa shape index (κ2) is 7.41. The fraction of sp³-hybridized carbons (Fsp3) is 0.182. The van der Waals surface area contributed by atoms with Crippen molar-refractivity contribution in [1.29, 1.82) is 0 Å². The van der Waals surface area contributed by atoms with Crippen molar-refractivity contribution >= 4 is 29.5 Å². The number of aliphatic imine (C=N–C) groups is 1. The van der Waals surface area contributed by atoms with Crippen LogP contribution in [0.3, 0.4) is 0 Å². The lowest BCUT2D eigenvalue weighted by Gasteiger charge is -2.13. The second-order valence-corrected chi connectivity index (χ2v) is 7.09. The molecule has 0 aliphatic rings. The highest BCUT2D eigenvalue weighted by Crippen LogP contribution is 2.26. The highest BCUT2D eigenvalue weighted by molar-refractivity contribution is 6.30. The number of carbonyl (C=O) groups is 1. The number of aryl methyl sites for hydroxylation is 3. The molecule has 27 heavy (non-hydrogen) atoms. The second-order valence-electron chi connectivity index (χ2n) is 6.66. The Bertz CT molecular complexity index is 1060. The molecule has 138 valence electrons. The highest BCUT2D eigenvalue weighted by Gasteiger charge is 2.13. The van der Waals surface area contributed by atoms with Crippen LogP contribution in [0.5, 0.6) is 0 Å². The zero-order valence-corrected chi connectivity index (χ0v) is 16.5. The van der Waals surface area contributed by atoms with Crippen LogP contribution in [0.2, 0.25) is 5.02 Å². The Labute approximate surface area is 163 Å². The maximum atomic E-state index is 11.2. The van der Waals surface area contributed by atoms with Crippen LogP contribution in [0.15, 0.2) is 47.5 Å². The van der Waals surface area contributed by atoms with Gasteiger partial charge in [-0.05, 0) is 75.2 Å². The predicted octanol–water partition coefficient (Wildman–Crippen LogP) is 5.81. The van der Waals surface area contributed by atoms with E-state index in [4.69, 9.17) is 11.6 Å². The lowest BCUT2D eigenvalue weighted by atomic mass is 10.1. The number of carboxylic acids is 1. The Kier molecular flexibility index (Phi) is 5.19. The molecular weight excluding hydrogens is 360 g/mol. The molecule has 0 amide bonds. The summed E-state index contributed by atoms with van der Waals surface area (Å²) in [5, 5.41) is 9.83. The van der Waals surface area contributed by atoms with Crippen molar-refractivity contribution in [3.63, 3.8) is 0 Å². The average molecular weight is 381 g/mol. The highest BCUT2D eigenvalue weighted by atomic mass is 35.5. The zero-order valence-electron chi connectivity index (χ0n) is 15.7. The first-order valence-corrected chi connectivity index (χ1v) is 8.99. The summed E-state index contributed by atoms with van der Waals surface area (Å²) in [4.78, 5) is 15.8. The number of hydrogen-bond acceptors (Lipinski definition) is 2. The number of halogens is 1. The smallest absolute Gasteiger partial charge is 0.335 e. The number of hydrogen-bond donors (Lipinski definition) is 1. The third kappa shape index (κ3) is 3.81. The first-order chi connectivity index (χ1) is 12.8. The molecule has 1 heterocycles. The molecule has 0 atom stereocenters. The van der Waals surface area contributed by atoms with Crippen molar-refractivity contribution in [3.8, 4) is 5.69 Å². The predicted molar refractivity (Wildman–Crippen MR) is 110 cm³/mol. The zero-order chi connectivity index (χ0) is 19.7. The molecule has 2 aromatic carbocycles. The number of carboxylic acid groups (broad SMARTS) is 1. The van der Waals surface area contributed by atoms with Gasteiger partial charge in [-0.3, -0.25) is 4.99 Å². The SMILES string of the molecule is Cc1ccc(Cl)cc1N=Cc1cc(C)n(-c2ccc(C(=O)O)cc2C)c1C. The molecule has 5 heteroatoms. The Morgan fingerprint density at radius 2 is 1.78 bits per heavy atom. The first kappa shape index (κ1) is 18.9. The summed E-state index contributed by atoms with van der Waals surface area (Å²) >= 11 is 6.07. The normalized spacial score (nSPS) is 11.3. The van der Waals surface area contributed by atoms with Gasteiger partial charge in [0.05, 0.1) is 11.3 Å². The molecule has 0 spiro atoms. The molecule has 0 saturated heterocycles. The molecule has 0 fully saturated rings. The molecule has 0 saturated carbocycles. The van der Waals surface area contributed by atoms with Crippen molar-refractivity contribution < 1.29 is 9.90 Å². The minimum Gasteiger partial charge on any atom is -0.478 e. The van der Waals surface area contributed by atoms with E-state index >= 15 is 0 Å². The van der Waals surface area contributed by atoms with E-state index in [9.17, 15) is 9.90 Å². The number of aromatic nitrogens is 1. The molecule has 4 nitrogen and oxygen atoms in total. The minimum absolute atomic E-state index is 0.289. The van der Waals surface area contributed by atoms with Crippen LogP contribution in [0.4, 0.5) is 5.69 Å². The number of benzene rings is 2. The molecular formula is C22H21ClN2O2. The minimum atomic E-state index is -0.921. The molecule has 3 rings (SSSR count). The Balaban J connectivity index is 2.02. The third-order valence-corrected chi connectivity index (χ3v) is 4.90. The number of rotatable bonds is 4. The molecule has 1 aromatic heterocycles. The number of nitrogens with zero attached hydrogens (tertiary/aromatic N) is 2. The standard InChI is InChI=1S/C22H21ClN2O2/c1-13-5-7-19(23)11-20(13)24-12-18-10-15(3)25(16(18)4)21-8-6-17(22(26)27)9-14(21)2/h5-12H,1-4H3,(H,26,27). The summed E-state index contributed by atoms with van der Waals surface area (Å²) in [7, 11) is 0. The fourth-order valence-electron chi connectivity index (χ4n) is 3.19. The monoisotopic (exact) mass is 380 g/mol. The molecule has 0 unspecified atom stereocenters. The summed E-state index contributed by atoms with van der Waals surface area (Å²) < 4.78 is 2.12. The Morgan fingerprint density at radius 1 is 1.04 bits per heavy atom. The quantitative estimate of drug-likeness (QED) is 0.580. The average Bonchev–Trinajstić information content (AvgIpc) is 2.89. The van der Waals surface area contributed by atoms with Crippen molar-refractivity contribution in [1.82, 2.24) is 4.57 Å². The Hall–Kier alpha value is -2.85. The van der Waals surface area contributed by atoms with Gasteiger partial charge in [0.25, 0.3) is 0 Å². The molecule has 0 aliphatic heterocycles. The summed E-state index contributed by atoms with van der Waals surface area (Å²) in [5.74, 6) is -0.921. The number of aromatic carboxylic acids is 1. The van der Waals surface area contributed by atoms with Gasteiger partial charge in [0.1, 0.15) is 0 Å². The van der Waals surface area contributed by atoms with E-state index in [0.717, 1.165) is 39.5 Å². The maximum Gasteiger partial charge on any atom is 0.335 e. The van der Waals surface area contributed by atoms with Crippen LogP contribution in [0.1, 0.15) is 38.4 Å². The van der Waals surface area contributed by atoms with Crippen molar-refractivity contribution in [2.45, 2.75) is 27.7 Å². The van der Waals surface area contributed by atoms with E-state index < -0.39 is 5.97 Å². The van der Waals surface area contributed by atoms with Gasteiger partial charge >= 0.3 is 5.97 Å². The van der Waals surface area contributed by atoms with E-state index in [-0.39, 0.29) is 5.56 Å². The summed E-state index contributed by atoms with van der Waals surface area (Å²) in [5.41, 5.74) is 7.17. The van der Waals surface area contributed by atoms with Crippen LogP contribution < -0.4 is 0 Å². The summed E-state index contributed by atoms with van der Waals surface area (Å²) in [6.07, 6.45) is 1.85. The lowest BCUT2D eigenvalue weighted by Crippen LogP contribution is -2.04. The van der Waals surface area contributed by atoms with Crippen LogP contribution in [0, 0.1) is 27.7 Å². The maximum absolute atomic E-state index is 11.2. The van der Waals surface area contributed by atoms with Gasteiger partial charge in [-0.15, -0.1) is 0 Å². The molecule has 0 bridgehead atoms. The molecule has 3 aromatic rings. The van der Waals surface area contributed by atoms with Crippen LogP contribution in [0.25, 0.3) is 5.69 Å². The first-order valence-electron chi connectivity index (χ1n) is 8.61. The third-order valence-electron chi connectivity index (χ3n) is 4.67. The van der Waals surface area contributed by atoms with Gasteiger partial charge in [-0.2, -0.15) is 0 Å². The van der Waals surface area contributed by atoms with E-state index in [2.05, 4.69) is 15.6 Å². The van der Waals surface area contributed by atoms with Crippen LogP contribution in [-0.4, -0.2) is 21.9 Å². The van der Waals surface area contributed by atoms with Crippen LogP contribution in [-0.2, 0) is 0 Å². The molecule has 0 aliphatic carbocycles. The van der Waals surface area contributed by atoms with Crippen molar-refractivity contribution in [2.75, 3.05) is 0 Å². The van der Waals surface area contributed by atoms with Crippen molar-refractivity contribution in [2.24, 2.45) is 4.99 Å². The van der Waals surface area contributed by atoms with Crippen molar-refractivity contribution in [3.05, 3.63) is 81.1 Å². The molecule has 1 N–H and O–H groups in total. The van der Waals surface area contributed by atoms with Gasteiger partial charge in [-0.25, -0.2) is 4.79 Å². The topological polar surface area (TPSA) is 54.6 Å². The molecule has 0 radical (unpaired) electrons. The fourth-order valence-corrected chi connectivity index (χ4v) is 3.36. The van der Waals surface area contributed by atoms with E-state index in [1.807, 2.05) is 58.2 Å². The van der Waals surface area contributed by atoms with Gasteiger partial charge in [0.2, 0.25) is 0 Å².